The van der Waals surface area contributed by atoms with Crippen molar-refractivity contribution in [3.05, 3.63) is 61.7 Å². The van der Waals surface area contributed by atoms with E-state index in [9.17, 15) is 14.4 Å². The number of ether oxygens (including phenoxy) is 4. The van der Waals surface area contributed by atoms with E-state index < -0.39 is 23.9 Å². The molecule has 0 saturated heterocycles. The third-order valence-corrected chi connectivity index (χ3v) is 6.60. The fourth-order valence-electron chi connectivity index (χ4n) is 3.76. The van der Waals surface area contributed by atoms with E-state index in [1.54, 1.807) is 32.0 Å². The Morgan fingerprint density at radius 2 is 1.85 bits per heavy atom. The van der Waals surface area contributed by atoms with E-state index in [4.69, 9.17) is 18.9 Å². The van der Waals surface area contributed by atoms with Gasteiger partial charge in [-0.3, -0.25) is 4.79 Å². The number of methoxy groups -OCH3 is 1. The van der Waals surface area contributed by atoms with Crippen molar-refractivity contribution in [2.45, 2.75) is 39.8 Å². The molecule has 0 unspecified atom stereocenters. The van der Waals surface area contributed by atoms with Crippen LogP contribution in [-0.4, -0.2) is 50.5 Å². The van der Waals surface area contributed by atoms with Crippen molar-refractivity contribution in [3.8, 4) is 17.2 Å². The Bertz CT molecular complexity index is 1320. The third kappa shape index (κ3) is 7.98. The molecule has 0 bridgehead atoms. The first-order valence-electron chi connectivity index (χ1n) is 12.3. The molecule has 0 spiro atoms. The number of hydrogen-bond donors (Lipinski definition) is 3. The third-order valence-electron chi connectivity index (χ3n) is 5.42. The van der Waals surface area contributed by atoms with Crippen LogP contribution in [0.5, 0.6) is 17.2 Å². The zero-order valence-corrected chi connectivity index (χ0v) is 25.8. The number of urea groups is 1. The molecule has 0 aliphatic carbocycles. The van der Waals surface area contributed by atoms with Crippen LogP contribution in [-0.2, 0) is 14.3 Å². The molecular weight excluding hydrogens is 652 g/mol. The maximum Gasteiger partial charge on any atom is 0.338 e. The quantitative estimate of drug-likeness (QED) is 0.177. The number of hydrazone groups is 1. The summed E-state index contributed by atoms with van der Waals surface area (Å²) in [6.45, 7) is 7.05. The molecule has 0 radical (unpaired) electrons. The number of esters is 1. The SMILES string of the molecule is CCOC(=O)C1=C(C)NC(=O)N[C@@H]1c1ccc(OCC(=O)N/N=C/c2cc(Br)c(OC(C)C)c(Br)c2)c(OC)c1. The van der Waals surface area contributed by atoms with Crippen molar-refractivity contribution >= 4 is 56.0 Å². The van der Waals surface area contributed by atoms with Gasteiger partial charge in [0.1, 0.15) is 5.75 Å². The Labute approximate surface area is 248 Å². The van der Waals surface area contributed by atoms with Crippen LogP contribution >= 0.6 is 31.9 Å². The maximum atomic E-state index is 12.6. The predicted octanol–water partition coefficient (Wildman–Crippen LogP) is 4.73. The van der Waals surface area contributed by atoms with Gasteiger partial charge in [-0.15, -0.1) is 0 Å². The Balaban J connectivity index is 1.66. The van der Waals surface area contributed by atoms with Crippen LogP contribution < -0.4 is 30.3 Å². The van der Waals surface area contributed by atoms with E-state index in [-0.39, 0.29) is 30.6 Å². The molecule has 214 valence electrons. The minimum Gasteiger partial charge on any atom is -0.493 e. The molecule has 0 aromatic heterocycles. The van der Waals surface area contributed by atoms with Gasteiger partial charge in [0.05, 0.1) is 46.6 Å². The number of nitrogens with one attached hydrogen (secondary N) is 3. The fourth-order valence-corrected chi connectivity index (χ4v) is 5.17. The van der Waals surface area contributed by atoms with Crippen LogP contribution in [0.1, 0.15) is 44.9 Å². The molecule has 1 aliphatic rings. The van der Waals surface area contributed by atoms with Gasteiger partial charge in [0.25, 0.3) is 5.91 Å². The summed E-state index contributed by atoms with van der Waals surface area (Å²) >= 11 is 6.96. The van der Waals surface area contributed by atoms with Gasteiger partial charge in [0.15, 0.2) is 18.1 Å². The second kappa shape index (κ2) is 14.2. The molecular formula is C27H30Br2N4O7. The highest BCUT2D eigenvalue weighted by Gasteiger charge is 2.32. The monoisotopic (exact) mass is 680 g/mol. The molecule has 1 atom stereocenters. The standard InChI is InChI=1S/C27H30Br2N4O7/c1-6-38-26(35)23-15(4)31-27(36)32-24(23)17-7-8-20(21(11-17)37-5)39-13-22(34)33-30-12-16-9-18(28)25(19(29)10-16)40-14(2)3/h7-12,14,24H,6,13H2,1-5H3,(H,33,34)(H2,31,32,36)/b30-12+/t24-/m1/s1. The normalized spacial score (nSPS) is 15.0. The molecule has 2 aromatic carbocycles. The van der Waals surface area contributed by atoms with Crippen LogP contribution in [0.15, 0.2) is 55.6 Å². The van der Waals surface area contributed by atoms with Gasteiger partial charge < -0.3 is 29.6 Å². The van der Waals surface area contributed by atoms with Crippen LogP contribution in [0.4, 0.5) is 4.79 Å². The summed E-state index contributed by atoms with van der Waals surface area (Å²) in [7, 11) is 1.44. The molecule has 1 aliphatic heterocycles. The first kappa shape index (κ1) is 31.0. The smallest absolute Gasteiger partial charge is 0.338 e. The molecule has 11 nitrogen and oxygen atoms in total. The predicted molar refractivity (Wildman–Crippen MR) is 156 cm³/mol. The summed E-state index contributed by atoms with van der Waals surface area (Å²) < 4.78 is 23.5. The average Bonchev–Trinajstić information content (AvgIpc) is 2.89. The zero-order chi connectivity index (χ0) is 29.4. The van der Waals surface area contributed by atoms with Crippen molar-refractivity contribution in [2.24, 2.45) is 5.10 Å². The largest absolute Gasteiger partial charge is 0.493 e. The van der Waals surface area contributed by atoms with Crippen molar-refractivity contribution < 1.29 is 33.3 Å². The van der Waals surface area contributed by atoms with E-state index >= 15 is 0 Å². The van der Waals surface area contributed by atoms with Crippen molar-refractivity contribution in [1.29, 1.82) is 0 Å². The fraction of sp³-hybridized carbons (Fsp3) is 0.333. The highest BCUT2D eigenvalue weighted by molar-refractivity contribution is 9.11. The van der Waals surface area contributed by atoms with E-state index in [0.29, 0.717) is 22.8 Å². The number of carbonyl (C=O) groups is 3. The molecule has 3 amide bonds. The minimum atomic E-state index is -0.764. The number of hydrogen-bond acceptors (Lipinski definition) is 8. The van der Waals surface area contributed by atoms with Crippen molar-refractivity contribution in [3.63, 3.8) is 0 Å². The summed E-state index contributed by atoms with van der Waals surface area (Å²) in [4.78, 5) is 37.0. The summed E-state index contributed by atoms with van der Waals surface area (Å²) in [6, 6.07) is 7.29. The Morgan fingerprint density at radius 1 is 1.15 bits per heavy atom. The summed E-state index contributed by atoms with van der Waals surface area (Å²) in [5.74, 6) is 0.233. The minimum absolute atomic E-state index is 0.00904. The highest BCUT2D eigenvalue weighted by atomic mass is 79.9. The molecule has 2 aromatic rings. The zero-order valence-electron chi connectivity index (χ0n) is 22.6. The van der Waals surface area contributed by atoms with Gasteiger partial charge in [-0.2, -0.15) is 5.10 Å². The lowest BCUT2D eigenvalue weighted by molar-refractivity contribution is -0.139. The topological polar surface area (TPSA) is 137 Å². The summed E-state index contributed by atoms with van der Waals surface area (Å²) in [5.41, 5.74) is 4.38. The number of allylic oxidation sites excluding steroid dienone is 1. The second-order valence-corrected chi connectivity index (χ2v) is 10.5. The number of benzene rings is 2. The van der Waals surface area contributed by atoms with Crippen molar-refractivity contribution in [1.82, 2.24) is 16.1 Å². The lowest BCUT2D eigenvalue weighted by Crippen LogP contribution is -2.45. The van der Waals surface area contributed by atoms with E-state index in [0.717, 1.165) is 14.5 Å². The Morgan fingerprint density at radius 3 is 2.48 bits per heavy atom. The molecule has 13 heteroatoms. The van der Waals surface area contributed by atoms with E-state index in [1.807, 2.05) is 26.0 Å². The molecule has 0 saturated carbocycles. The molecule has 3 rings (SSSR count). The van der Waals surface area contributed by atoms with Crippen LogP contribution in [0.3, 0.4) is 0 Å². The van der Waals surface area contributed by atoms with Gasteiger partial charge >= 0.3 is 12.0 Å². The van der Waals surface area contributed by atoms with Crippen LogP contribution in [0, 0.1) is 0 Å². The first-order valence-corrected chi connectivity index (χ1v) is 13.9. The molecule has 40 heavy (non-hydrogen) atoms. The molecule has 0 fully saturated rings. The summed E-state index contributed by atoms with van der Waals surface area (Å²) in [5, 5.41) is 9.30. The lowest BCUT2D eigenvalue weighted by atomic mass is 9.95. The van der Waals surface area contributed by atoms with Gasteiger partial charge in [-0.25, -0.2) is 15.0 Å². The number of carbonyl (C=O) groups excluding carboxylic acids is 3. The van der Waals surface area contributed by atoms with Gasteiger partial charge in [0, 0.05) is 5.70 Å². The van der Waals surface area contributed by atoms with E-state index in [1.165, 1.54) is 13.3 Å². The number of rotatable bonds is 11. The number of halogens is 2. The summed E-state index contributed by atoms with van der Waals surface area (Å²) in [6.07, 6.45) is 1.50. The molecule has 1 heterocycles. The number of nitrogens with zero attached hydrogens (tertiary/aromatic N) is 1. The van der Waals surface area contributed by atoms with Gasteiger partial charge in [-0.1, -0.05) is 6.07 Å². The second-order valence-electron chi connectivity index (χ2n) is 8.76. The molecule has 3 N–H and O–H groups in total. The van der Waals surface area contributed by atoms with Crippen LogP contribution in [0.2, 0.25) is 0 Å². The van der Waals surface area contributed by atoms with Crippen LogP contribution in [0.25, 0.3) is 0 Å². The maximum absolute atomic E-state index is 12.6. The highest BCUT2D eigenvalue weighted by Crippen LogP contribution is 2.36. The van der Waals surface area contributed by atoms with Gasteiger partial charge in [0.2, 0.25) is 0 Å². The van der Waals surface area contributed by atoms with E-state index in [2.05, 4.69) is 53.0 Å². The first-order chi connectivity index (χ1) is 19.0. The Hall–Kier alpha value is -3.58. The Kier molecular flexibility index (Phi) is 11.0. The van der Waals surface area contributed by atoms with Gasteiger partial charge in [-0.05, 0) is 94.9 Å². The lowest BCUT2D eigenvalue weighted by Gasteiger charge is -2.28. The average molecular weight is 682 g/mol. The van der Waals surface area contributed by atoms with Crippen molar-refractivity contribution in [2.75, 3.05) is 20.3 Å². The number of amides is 3.